The number of aryl methyl sites for hydroxylation is 1. The molecule has 1 aromatic heterocycles. The van der Waals surface area contributed by atoms with E-state index in [9.17, 15) is 9.90 Å². The Morgan fingerprint density at radius 2 is 2.23 bits per heavy atom. The van der Waals surface area contributed by atoms with Crippen molar-refractivity contribution in [1.82, 2.24) is 9.78 Å². The molecule has 0 aliphatic rings. The van der Waals surface area contributed by atoms with Crippen molar-refractivity contribution in [2.45, 2.75) is 13.0 Å². The van der Waals surface area contributed by atoms with E-state index < -0.39 is 0 Å². The van der Waals surface area contributed by atoms with Gasteiger partial charge in [-0.15, -0.1) is 0 Å². The molecule has 1 heterocycles. The van der Waals surface area contributed by atoms with E-state index in [1.807, 2.05) is 6.92 Å². The molecule has 1 aromatic carbocycles. The number of nitrogens with zero attached hydrogens (tertiary/aromatic N) is 2. The molecule has 0 saturated heterocycles. The number of carbonyl (C=O) groups excluding carboxylic acids is 1. The van der Waals surface area contributed by atoms with Crippen LogP contribution in [0.4, 0.5) is 5.82 Å². The molecule has 1 amide bonds. The van der Waals surface area contributed by atoms with Gasteiger partial charge in [0.1, 0.15) is 17.6 Å². The van der Waals surface area contributed by atoms with Gasteiger partial charge in [-0.25, -0.2) is 0 Å². The van der Waals surface area contributed by atoms with Gasteiger partial charge in [-0.2, -0.15) is 5.10 Å². The van der Waals surface area contributed by atoms with Crippen LogP contribution in [0.1, 0.15) is 17.3 Å². The maximum atomic E-state index is 12.2. The van der Waals surface area contributed by atoms with Crippen molar-refractivity contribution in [3.05, 3.63) is 36.0 Å². The number of methoxy groups -OCH3 is 1. The second kappa shape index (κ2) is 6.95. The number of benzene rings is 1. The van der Waals surface area contributed by atoms with Gasteiger partial charge < -0.3 is 19.9 Å². The Bertz CT molecular complexity index is 654. The Morgan fingerprint density at radius 3 is 2.86 bits per heavy atom. The van der Waals surface area contributed by atoms with Crippen LogP contribution in [-0.4, -0.2) is 40.6 Å². The zero-order valence-electron chi connectivity index (χ0n) is 12.7. The molecule has 2 N–H and O–H groups in total. The van der Waals surface area contributed by atoms with Crippen LogP contribution in [0.25, 0.3) is 0 Å². The first-order valence-corrected chi connectivity index (χ1v) is 6.78. The minimum absolute atomic E-state index is 0.0479. The summed E-state index contributed by atoms with van der Waals surface area (Å²) in [6.45, 7) is 2.24. The van der Waals surface area contributed by atoms with E-state index in [1.54, 1.807) is 37.2 Å². The number of phenols is 1. The molecule has 0 aliphatic carbocycles. The van der Waals surface area contributed by atoms with Gasteiger partial charge in [0.15, 0.2) is 5.82 Å². The number of rotatable bonds is 6. The van der Waals surface area contributed by atoms with Gasteiger partial charge in [-0.1, -0.05) is 0 Å². The van der Waals surface area contributed by atoms with Crippen molar-refractivity contribution in [1.29, 1.82) is 0 Å². The van der Waals surface area contributed by atoms with E-state index in [0.29, 0.717) is 18.2 Å². The van der Waals surface area contributed by atoms with E-state index >= 15 is 0 Å². The minimum atomic E-state index is -0.376. The molecule has 7 heteroatoms. The van der Waals surface area contributed by atoms with Crippen molar-refractivity contribution in [3.63, 3.8) is 0 Å². The quantitative estimate of drug-likeness (QED) is 0.850. The number of hydrogen-bond acceptors (Lipinski definition) is 5. The summed E-state index contributed by atoms with van der Waals surface area (Å²) in [5, 5.41) is 16.5. The molecule has 0 aliphatic heterocycles. The summed E-state index contributed by atoms with van der Waals surface area (Å²) < 4.78 is 12.2. The third-order valence-corrected chi connectivity index (χ3v) is 2.85. The average molecular weight is 305 g/mol. The number of amides is 1. The fourth-order valence-electron chi connectivity index (χ4n) is 1.95. The molecule has 2 rings (SSSR count). The van der Waals surface area contributed by atoms with E-state index in [4.69, 9.17) is 9.47 Å². The molecule has 0 saturated carbocycles. The van der Waals surface area contributed by atoms with E-state index in [1.165, 1.54) is 12.1 Å². The summed E-state index contributed by atoms with van der Waals surface area (Å²) in [7, 11) is 3.33. The summed E-state index contributed by atoms with van der Waals surface area (Å²) in [6.07, 6.45) is 1.53. The lowest BCUT2D eigenvalue weighted by atomic mass is 10.2. The topological polar surface area (TPSA) is 85.6 Å². The largest absolute Gasteiger partial charge is 0.508 e. The minimum Gasteiger partial charge on any atom is -0.508 e. The van der Waals surface area contributed by atoms with Crippen LogP contribution < -0.4 is 10.1 Å². The van der Waals surface area contributed by atoms with E-state index in [-0.39, 0.29) is 23.3 Å². The number of ether oxygens (including phenoxy) is 2. The highest BCUT2D eigenvalue weighted by Gasteiger charge is 2.12. The van der Waals surface area contributed by atoms with Crippen LogP contribution in [0, 0.1) is 0 Å². The molecule has 118 valence electrons. The number of hydrogen-bond donors (Lipinski definition) is 2. The van der Waals surface area contributed by atoms with Crippen molar-refractivity contribution < 1.29 is 19.4 Å². The van der Waals surface area contributed by atoms with Crippen LogP contribution in [0.5, 0.6) is 11.5 Å². The monoisotopic (exact) mass is 305 g/mol. The van der Waals surface area contributed by atoms with E-state index in [0.717, 1.165) is 0 Å². The van der Waals surface area contributed by atoms with Crippen molar-refractivity contribution in [2.75, 3.05) is 19.0 Å². The van der Waals surface area contributed by atoms with Crippen LogP contribution in [0.15, 0.2) is 30.5 Å². The molecule has 0 unspecified atom stereocenters. The maximum Gasteiger partial charge on any atom is 0.257 e. The summed E-state index contributed by atoms with van der Waals surface area (Å²) >= 11 is 0. The standard InChI is InChI=1S/C15H19N3O4/c1-10(9-21-3)22-13-7-11(6-12(19)8-13)15(20)16-14-4-5-18(2)17-14/h4-8,10,19H,9H2,1-3H3,(H,16,17,20)/t10-/m1/s1. The highest BCUT2D eigenvalue weighted by atomic mass is 16.5. The van der Waals surface area contributed by atoms with Gasteiger partial charge in [0, 0.05) is 38.1 Å². The number of anilines is 1. The summed E-state index contributed by atoms with van der Waals surface area (Å²) in [6, 6.07) is 6.05. The van der Waals surface area contributed by atoms with Crippen molar-refractivity contribution >= 4 is 11.7 Å². The molecule has 1 atom stereocenters. The van der Waals surface area contributed by atoms with Crippen LogP contribution in [-0.2, 0) is 11.8 Å². The zero-order chi connectivity index (χ0) is 16.1. The summed E-state index contributed by atoms with van der Waals surface area (Å²) in [4.78, 5) is 12.2. The fraction of sp³-hybridized carbons (Fsp3) is 0.333. The predicted molar refractivity (Wildman–Crippen MR) is 81.2 cm³/mol. The van der Waals surface area contributed by atoms with Crippen molar-refractivity contribution in [3.8, 4) is 11.5 Å². The fourth-order valence-corrected chi connectivity index (χ4v) is 1.95. The first kappa shape index (κ1) is 15.8. The maximum absolute atomic E-state index is 12.2. The van der Waals surface area contributed by atoms with E-state index in [2.05, 4.69) is 10.4 Å². The van der Waals surface area contributed by atoms with Crippen LogP contribution in [0.2, 0.25) is 0 Å². The second-order valence-electron chi connectivity index (χ2n) is 4.93. The Balaban J connectivity index is 2.12. The molecule has 0 bridgehead atoms. The lowest BCUT2D eigenvalue weighted by molar-refractivity contribution is 0.0915. The molecule has 0 radical (unpaired) electrons. The third kappa shape index (κ3) is 4.23. The average Bonchev–Trinajstić information content (AvgIpc) is 2.83. The normalized spacial score (nSPS) is 12.0. The third-order valence-electron chi connectivity index (χ3n) is 2.85. The van der Waals surface area contributed by atoms with Gasteiger partial charge in [-0.3, -0.25) is 9.48 Å². The lowest BCUT2D eigenvalue weighted by Gasteiger charge is -2.14. The molecule has 2 aromatic rings. The lowest BCUT2D eigenvalue weighted by Crippen LogP contribution is -2.18. The Morgan fingerprint density at radius 1 is 1.45 bits per heavy atom. The van der Waals surface area contributed by atoms with Crippen molar-refractivity contribution in [2.24, 2.45) is 7.05 Å². The Labute approximate surface area is 128 Å². The number of nitrogens with one attached hydrogen (secondary N) is 1. The zero-order valence-corrected chi connectivity index (χ0v) is 12.7. The van der Waals surface area contributed by atoms with Gasteiger partial charge >= 0.3 is 0 Å². The molecule has 22 heavy (non-hydrogen) atoms. The molecular formula is C15H19N3O4. The highest BCUT2D eigenvalue weighted by molar-refractivity contribution is 6.04. The summed E-state index contributed by atoms with van der Waals surface area (Å²) in [5.41, 5.74) is 0.283. The smallest absolute Gasteiger partial charge is 0.257 e. The number of phenolic OH excluding ortho intramolecular Hbond substituents is 1. The first-order valence-electron chi connectivity index (χ1n) is 6.78. The summed E-state index contributed by atoms with van der Waals surface area (Å²) in [5.74, 6) is 0.411. The number of carbonyl (C=O) groups is 1. The number of aromatic hydroxyl groups is 1. The number of aromatic nitrogens is 2. The van der Waals surface area contributed by atoms with Gasteiger partial charge in [0.2, 0.25) is 0 Å². The van der Waals surface area contributed by atoms with Gasteiger partial charge in [0.05, 0.1) is 6.61 Å². The van der Waals surface area contributed by atoms with Gasteiger partial charge in [-0.05, 0) is 19.1 Å². The van der Waals surface area contributed by atoms with Gasteiger partial charge in [0.25, 0.3) is 5.91 Å². The highest BCUT2D eigenvalue weighted by Crippen LogP contribution is 2.23. The predicted octanol–water partition coefficient (Wildman–Crippen LogP) is 1.79. The molecular weight excluding hydrogens is 286 g/mol. The van der Waals surface area contributed by atoms with Crippen LogP contribution >= 0.6 is 0 Å². The molecule has 0 spiro atoms. The second-order valence-corrected chi connectivity index (χ2v) is 4.93. The van der Waals surface area contributed by atoms with Crippen LogP contribution in [0.3, 0.4) is 0 Å². The Kier molecular flexibility index (Phi) is 5.00. The first-order chi connectivity index (χ1) is 10.5. The SMILES string of the molecule is COC[C@@H](C)Oc1cc(O)cc(C(=O)Nc2ccn(C)n2)c1. The molecule has 0 fully saturated rings. The molecule has 7 nitrogen and oxygen atoms in total. The Hall–Kier alpha value is -2.54.